The highest BCUT2D eigenvalue weighted by atomic mass is 32.7. The van der Waals surface area contributed by atoms with Crippen molar-refractivity contribution in [2.24, 2.45) is 5.73 Å². The second-order valence-electron chi connectivity index (χ2n) is 7.03. The van der Waals surface area contributed by atoms with E-state index in [-0.39, 0.29) is 0 Å². The van der Waals surface area contributed by atoms with Crippen LogP contribution in [0.25, 0.3) is 0 Å². The molecule has 2 atom stereocenters. The molecule has 7 heteroatoms. The van der Waals surface area contributed by atoms with Crippen LogP contribution in [0.3, 0.4) is 0 Å². The second kappa shape index (κ2) is 9.41. The van der Waals surface area contributed by atoms with Gasteiger partial charge in [-0.15, -0.1) is 0 Å². The van der Waals surface area contributed by atoms with Crippen LogP contribution < -0.4 is 5.73 Å². The standard InChI is InChI=1S/C19H30NO4PS/c1-3-4-5-6-17(21)15-7-9-16(10-8-15)26-25(2,23)19(18(20)22)11-13-24-14-12-19/h7-10,17,21H,3-6,11-14H2,1-2H3,(H2,20,22). The maximum absolute atomic E-state index is 13.5. The molecular formula is C19H30NO4PS. The molecule has 2 rings (SSSR count). The normalized spacial score (nSPS) is 20.3. The molecular weight excluding hydrogens is 369 g/mol. The van der Waals surface area contributed by atoms with Crippen molar-refractivity contribution in [3.8, 4) is 0 Å². The van der Waals surface area contributed by atoms with Gasteiger partial charge in [-0.3, -0.25) is 4.79 Å². The third-order valence-corrected chi connectivity index (χ3v) is 11.0. The molecule has 1 aliphatic heterocycles. The van der Waals surface area contributed by atoms with Crippen LogP contribution in [0.4, 0.5) is 0 Å². The van der Waals surface area contributed by atoms with Gasteiger partial charge in [0.2, 0.25) is 5.91 Å². The molecule has 0 bridgehead atoms. The topological polar surface area (TPSA) is 89.6 Å². The van der Waals surface area contributed by atoms with Gasteiger partial charge in [-0.1, -0.05) is 49.7 Å². The first kappa shape index (κ1) is 21.5. The maximum atomic E-state index is 13.5. The molecule has 0 radical (unpaired) electrons. The molecule has 0 spiro atoms. The lowest BCUT2D eigenvalue weighted by molar-refractivity contribution is -0.122. The predicted molar refractivity (Wildman–Crippen MR) is 107 cm³/mol. The number of unbranched alkanes of at least 4 members (excludes halogenated alkanes) is 2. The molecule has 5 nitrogen and oxygen atoms in total. The Hall–Kier alpha value is -0.810. The summed E-state index contributed by atoms with van der Waals surface area (Å²) in [7, 11) is 0. The van der Waals surface area contributed by atoms with Crippen molar-refractivity contribution in [3.63, 3.8) is 0 Å². The fourth-order valence-electron chi connectivity index (χ4n) is 3.36. The molecule has 1 aromatic rings. The highest BCUT2D eigenvalue weighted by Gasteiger charge is 2.51. The average molecular weight is 399 g/mol. The third-order valence-electron chi connectivity index (χ3n) is 5.18. The molecule has 0 aromatic heterocycles. The van der Waals surface area contributed by atoms with E-state index in [0.29, 0.717) is 26.1 Å². The summed E-state index contributed by atoms with van der Waals surface area (Å²) < 4.78 is 18.8. The van der Waals surface area contributed by atoms with Crippen molar-refractivity contribution in [2.75, 3.05) is 19.9 Å². The predicted octanol–water partition coefficient (Wildman–Crippen LogP) is 4.33. The number of rotatable bonds is 9. The first-order valence-corrected chi connectivity index (χ1v) is 12.8. The lowest BCUT2D eigenvalue weighted by Gasteiger charge is -2.38. The number of carbonyl (C=O) groups excluding carboxylic acids is 1. The van der Waals surface area contributed by atoms with E-state index in [1.807, 2.05) is 24.3 Å². The Morgan fingerprint density at radius 2 is 1.92 bits per heavy atom. The summed E-state index contributed by atoms with van der Waals surface area (Å²) in [6.07, 6.45) is 1.38. The van der Waals surface area contributed by atoms with Crippen molar-refractivity contribution in [3.05, 3.63) is 29.8 Å². The number of hydrogen-bond acceptors (Lipinski definition) is 5. The number of ether oxygens (including phenoxy) is 1. The average Bonchev–Trinajstić information content (AvgIpc) is 2.62. The van der Waals surface area contributed by atoms with Gasteiger partial charge in [0.05, 0.1) is 6.10 Å². The molecule has 1 saturated heterocycles. The molecule has 2 unspecified atom stereocenters. The summed E-state index contributed by atoms with van der Waals surface area (Å²) in [5, 5.41) is 9.25. The third kappa shape index (κ3) is 4.92. The molecule has 1 heterocycles. The van der Waals surface area contributed by atoms with Gasteiger partial charge in [0.25, 0.3) is 0 Å². The van der Waals surface area contributed by atoms with Gasteiger partial charge >= 0.3 is 0 Å². The Balaban J connectivity index is 2.09. The summed E-state index contributed by atoms with van der Waals surface area (Å²) >= 11 is 1.24. The fraction of sp³-hybridized carbons (Fsp3) is 0.632. The number of nitrogens with two attached hydrogens (primary N) is 1. The highest BCUT2D eigenvalue weighted by Crippen LogP contribution is 2.70. The highest BCUT2D eigenvalue weighted by molar-refractivity contribution is 8.58. The number of carbonyl (C=O) groups is 1. The van der Waals surface area contributed by atoms with Crippen molar-refractivity contribution < 1.29 is 19.2 Å². The van der Waals surface area contributed by atoms with Crippen molar-refractivity contribution in [1.29, 1.82) is 0 Å². The SMILES string of the molecule is CCCCCC(O)c1ccc(SP(C)(=O)C2(C(N)=O)CCOCC2)cc1. The lowest BCUT2D eigenvalue weighted by atomic mass is 9.98. The minimum absolute atomic E-state index is 0.400. The largest absolute Gasteiger partial charge is 0.388 e. The summed E-state index contributed by atoms with van der Waals surface area (Å²) in [5.41, 5.74) is 6.52. The van der Waals surface area contributed by atoms with Crippen LogP contribution in [0.5, 0.6) is 0 Å². The second-order valence-corrected chi connectivity index (χ2v) is 12.9. The first-order chi connectivity index (χ1) is 12.3. The molecule has 1 amide bonds. The summed E-state index contributed by atoms with van der Waals surface area (Å²) in [5.74, 6) is -0.498. The van der Waals surface area contributed by atoms with Crippen molar-refractivity contribution >= 4 is 23.6 Å². The van der Waals surface area contributed by atoms with E-state index >= 15 is 0 Å². The van der Waals surface area contributed by atoms with E-state index in [4.69, 9.17) is 10.5 Å². The van der Waals surface area contributed by atoms with Gasteiger partial charge in [-0.25, -0.2) is 0 Å². The molecule has 3 N–H and O–H groups in total. The van der Waals surface area contributed by atoms with Gasteiger partial charge in [-0.2, -0.15) is 0 Å². The van der Waals surface area contributed by atoms with Gasteiger partial charge in [0, 0.05) is 18.1 Å². The number of aliphatic hydroxyl groups excluding tert-OH is 1. The Morgan fingerprint density at radius 3 is 2.46 bits per heavy atom. The molecule has 1 aromatic carbocycles. The number of aliphatic hydroxyl groups is 1. The molecule has 1 aliphatic rings. The van der Waals surface area contributed by atoms with E-state index in [2.05, 4.69) is 6.92 Å². The van der Waals surface area contributed by atoms with Crippen LogP contribution in [0, 0.1) is 0 Å². The van der Waals surface area contributed by atoms with Crippen LogP contribution in [0.15, 0.2) is 29.2 Å². The van der Waals surface area contributed by atoms with E-state index < -0.39 is 23.5 Å². The number of benzene rings is 1. The van der Waals surface area contributed by atoms with Gasteiger partial charge in [0.15, 0.2) is 6.34 Å². The first-order valence-electron chi connectivity index (χ1n) is 9.25. The Labute approximate surface area is 160 Å². The summed E-state index contributed by atoms with van der Waals surface area (Å²) in [6, 6.07) is 7.49. The van der Waals surface area contributed by atoms with E-state index in [1.54, 1.807) is 6.66 Å². The monoisotopic (exact) mass is 399 g/mol. The van der Waals surface area contributed by atoms with E-state index in [0.717, 1.165) is 36.1 Å². The summed E-state index contributed by atoms with van der Waals surface area (Å²) in [6.45, 7) is 4.61. The van der Waals surface area contributed by atoms with Crippen LogP contribution in [-0.2, 0) is 14.1 Å². The zero-order valence-electron chi connectivity index (χ0n) is 15.6. The number of primary amides is 1. The zero-order chi connectivity index (χ0) is 19.2. The van der Waals surface area contributed by atoms with Crippen LogP contribution in [0.1, 0.15) is 57.1 Å². The quantitative estimate of drug-likeness (QED) is 0.476. The van der Waals surface area contributed by atoms with Crippen molar-refractivity contribution in [1.82, 2.24) is 0 Å². The molecule has 0 saturated carbocycles. The number of amides is 1. The van der Waals surface area contributed by atoms with Crippen LogP contribution in [-0.4, -0.2) is 36.0 Å². The summed E-state index contributed by atoms with van der Waals surface area (Å²) in [4.78, 5) is 13.0. The lowest BCUT2D eigenvalue weighted by Crippen LogP contribution is -2.47. The minimum Gasteiger partial charge on any atom is -0.388 e. The van der Waals surface area contributed by atoms with Crippen LogP contribution >= 0.6 is 17.7 Å². The molecule has 0 aliphatic carbocycles. The van der Waals surface area contributed by atoms with Gasteiger partial charge in [-0.05, 0) is 43.6 Å². The van der Waals surface area contributed by atoms with Gasteiger partial charge < -0.3 is 20.1 Å². The van der Waals surface area contributed by atoms with E-state index in [9.17, 15) is 14.5 Å². The minimum atomic E-state index is -2.94. The van der Waals surface area contributed by atoms with E-state index in [1.165, 1.54) is 11.4 Å². The van der Waals surface area contributed by atoms with Crippen LogP contribution in [0.2, 0.25) is 0 Å². The Kier molecular flexibility index (Phi) is 7.77. The van der Waals surface area contributed by atoms with Gasteiger partial charge in [0.1, 0.15) is 5.16 Å². The molecule has 26 heavy (non-hydrogen) atoms. The molecule has 1 fully saturated rings. The van der Waals surface area contributed by atoms with Crippen molar-refractivity contribution in [2.45, 2.75) is 61.6 Å². The maximum Gasteiger partial charge on any atom is 0.232 e. The number of hydrogen-bond donors (Lipinski definition) is 2. The molecule has 146 valence electrons. The smallest absolute Gasteiger partial charge is 0.232 e. The Morgan fingerprint density at radius 1 is 1.31 bits per heavy atom. The fourth-order valence-corrected chi connectivity index (χ4v) is 8.50. The zero-order valence-corrected chi connectivity index (χ0v) is 17.4. The Bertz CT molecular complexity index is 643.